The third-order valence-electron chi connectivity index (χ3n) is 7.60. The summed E-state index contributed by atoms with van der Waals surface area (Å²) in [6.45, 7) is 6.63. The van der Waals surface area contributed by atoms with Crippen LogP contribution in [0, 0.1) is 18.8 Å². The number of carbonyl (C=O) groups excluding carboxylic acids is 1. The number of hydrogen-bond acceptors (Lipinski definition) is 5. The van der Waals surface area contributed by atoms with Gasteiger partial charge in [0.15, 0.2) is 6.61 Å². The molecule has 3 atom stereocenters. The number of nitrogens with zero attached hydrogens (tertiary/aromatic N) is 3. The number of fused-ring (bicyclic) bond motifs is 1. The first-order chi connectivity index (χ1) is 15.5. The number of aliphatic hydroxyl groups is 1. The van der Waals surface area contributed by atoms with Crippen molar-refractivity contribution in [3.63, 3.8) is 0 Å². The van der Waals surface area contributed by atoms with Crippen molar-refractivity contribution >= 4 is 5.91 Å². The Kier molecular flexibility index (Phi) is 5.91. The van der Waals surface area contributed by atoms with E-state index in [1.54, 1.807) is 6.20 Å². The summed E-state index contributed by atoms with van der Waals surface area (Å²) in [5, 5.41) is 11.6. The van der Waals surface area contributed by atoms with Gasteiger partial charge in [-0.25, -0.2) is 0 Å². The zero-order valence-corrected chi connectivity index (χ0v) is 18.9. The van der Waals surface area contributed by atoms with E-state index in [-0.39, 0.29) is 18.4 Å². The van der Waals surface area contributed by atoms with Gasteiger partial charge in [0.25, 0.3) is 5.91 Å². The highest BCUT2D eigenvalue weighted by Crippen LogP contribution is 2.50. The lowest BCUT2D eigenvalue weighted by atomic mass is 9.83. The van der Waals surface area contributed by atoms with E-state index < -0.39 is 5.60 Å². The van der Waals surface area contributed by atoms with E-state index in [4.69, 9.17) is 4.74 Å². The van der Waals surface area contributed by atoms with Crippen LogP contribution in [0.1, 0.15) is 42.5 Å². The average Bonchev–Trinajstić information content (AvgIpc) is 3.53. The SMILES string of the molecule is Cc1cccnc1C1(O)CCC2CN(Cc3ccc(OCC(=O)N4CCCC4)cc3)CC21. The molecule has 2 saturated heterocycles. The maximum atomic E-state index is 12.2. The minimum Gasteiger partial charge on any atom is -0.484 e. The zero-order chi connectivity index (χ0) is 22.1. The fourth-order valence-electron chi connectivity index (χ4n) is 5.90. The number of benzene rings is 1. The van der Waals surface area contributed by atoms with Gasteiger partial charge in [0, 0.05) is 44.8 Å². The fraction of sp³-hybridized carbons (Fsp3) is 0.538. The highest BCUT2D eigenvalue weighted by Gasteiger charge is 2.53. The molecule has 2 aliphatic heterocycles. The van der Waals surface area contributed by atoms with Gasteiger partial charge in [-0.15, -0.1) is 0 Å². The Hall–Kier alpha value is -2.44. The van der Waals surface area contributed by atoms with Gasteiger partial charge >= 0.3 is 0 Å². The third kappa shape index (κ3) is 4.14. The molecule has 3 aliphatic rings. The van der Waals surface area contributed by atoms with Crippen molar-refractivity contribution in [3.8, 4) is 5.75 Å². The lowest BCUT2D eigenvalue weighted by molar-refractivity contribution is -0.132. The molecule has 32 heavy (non-hydrogen) atoms. The quantitative estimate of drug-likeness (QED) is 0.755. The van der Waals surface area contributed by atoms with Crippen LogP contribution < -0.4 is 4.74 Å². The van der Waals surface area contributed by atoms with Crippen molar-refractivity contribution < 1.29 is 14.6 Å². The number of carbonyl (C=O) groups is 1. The summed E-state index contributed by atoms with van der Waals surface area (Å²) in [5.74, 6) is 1.56. The number of ether oxygens (including phenoxy) is 1. The number of aryl methyl sites for hydroxylation is 1. The molecule has 3 fully saturated rings. The smallest absolute Gasteiger partial charge is 0.260 e. The van der Waals surface area contributed by atoms with Crippen LogP contribution in [0.15, 0.2) is 42.6 Å². The molecule has 1 saturated carbocycles. The van der Waals surface area contributed by atoms with Crippen molar-refractivity contribution in [1.82, 2.24) is 14.8 Å². The molecular weight excluding hydrogens is 402 g/mol. The Labute approximate surface area is 190 Å². The summed E-state index contributed by atoms with van der Waals surface area (Å²) in [6.07, 6.45) is 5.83. The molecule has 1 aromatic heterocycles. The van der Waals surface area contributed by atoms with Crippen LogP contribution in [-0.2, 0) is 16.9 Å². The monoisotopic (exact) mass is 435 g/mol. The van der Waals surface area contributed by atoms with E-state index in [1.165, 1.54) is 5.56 Å². The molecule has 6 nitrogen and oxygen atoms in total. The molecule has 1 amide bonds. The minimum atomic E-state index is -0.815. The first-order valence-corrected chi connectivity index (χ1v) is 11.9. The summed E-state index contributed by atoms with van der Waals surface area (Å²) in [4.78, 5) is 21.0. The number of pyridine rings is 1. The topological polar surface area (TPSA) is 65.9 Å². The second-order valence-electron chi connectivity index (χ2n) is 9.71. The summed E-state index contributed by atoms with van der Waals surface area (Å²) < 4.78 is 5.71. The maximum Gasteiger partial charge on any atom is 0.260 e. The lowest BCUT2D eigenvalue weighted by Gasteiger charge is -2.31. The molecule has 0 radical (unpaired) electrons. The zero-order valence-electron chi connectivity index (χ0n) is 18.9. The first kappa shape index (κ1) is 21.4. The van der Waals surface area contributed by atoms with Gasteiger partial charge in [-0.3, -0.25) is 14.7 Å². The molecule has 0 spiro atoms. The minimum absolute atomic E-state index is 0.0748. The molecule has 1 N–H and O–H groups in total. The van der Waals surface area contributed by atoms with Gasteiger partial charge in [-0.05, 0) is 67.9 Å². The van der Waals surface area contributed by atoms with E-state index in [0.29, 0.717) is 5.92 Å². The van der Waals surface area contributed by atoms with E-state index in [2.05, 4.69) is 22.0 Å². The normalized spacial score (nSPS) is 27.6. The van der Waals surface area contributed by atoms with Crippen LogP contribution in [0.2, 0.25) is 0 Å². The van der Waals surface area contributed by atoms with Gasteiger partial charge in [-0.2, -0.15) is 0 Å². The molecule has 2 aromatic rings. The second kappa shape index (κ2) is 8.83. The molecule has 1 aliphatic carbocycles. The summed E-state index contributed by atoms with van der Waals surface area (Å²) in [6, 6.07) is 12.1. The fourth-order valence-corrected chi connectivity index (χ4v) is 5.90. The largest absolute Gasteiger partial charge is 0.484 e. The highest BCUT2D eigenvalue weighted by atomic mass is 16.5. The van der Waals surface area contributed by atoms with Crippen LogP contribution in [0.3, 0.4) is 0 Å². The van der Waals surface area contributed by atoms with Crippen LogP contribution in [-0.4, -0.2) is 58.6 Å². The molecule has 0 bridgehead atoms. The summed E-state index contributed by atoms with van der Waals surface area (Å²) in [5.41, 5.74) is 2.35. The Morgan fingerprint density at radius 1 is 1.19 bits per heavy atom. The number of amides is 1. The van der Waals surface area contributed by atoms with Crippen molar-refractivity contribution in [2.45, 2.75) is 44.8 Å². The molecule has 170 valence electrons. The van der Waals surface area contributed by atoms with E-state index >= 15 is 0 Å². The van der Waals surface area contributed by atoms with Gasteiger partial charge in [0.1, 0.15) is 11.4 Å². The van der Waals surface area contributed by atoms with Crippen molar-refractivity contribution in [2.24, 2.45) is 11.8 Å². The first-order valence-electron chi connectivity index (χ1n) is 11.9. The number of likely N-dealkylation sites (tertiary alicyclic amines) is 2. The number of hydrogen-bond donors (Lipinski definition) is 1. The van der Waals surface area contributed by atoms with Crippen molar-refractivity contribution in [1.29, 1.82) is 0 Å². The Balaban J connectivity index is 1.17. The third-order valence-corrected chi connectivity index (χ3v) is 7.60. The Bertz CT molecular complexity index is 957. The predicted molar refractivity (Wildman–Crippen MR) is 122 cm³/mol. The van der Waals surface area contributed by atoms with Gasteiger partial charge in [0.2, 0.25) is 0 Å². The molecule has 3 unspecified atom stereocenters. The lowest BCUT2D eigenvalue weighted by Crippen LogP contribution is -2.36. The van der Waals surface area contributed by atoms with Crippen LogP contribution in [0.25, 0.3) is 0 Å². The molecule has 3 heterocycles. The number of rotatable bonds is 6. The standard InChI is InChI=1S/C26H33N3O3/c1-19-5-4-12-27-25(19)26(31)11-10-21-16-28(17-23(21)26)15-20-6-8-22(9-7-20)32-18-24(30)29-13-2-3-14-29/h4-9,12,21,23,31H,2-3,10-11,13-18H2,1H3. The maximum absolute atomic E-state index is 12.2. The van der Waals surface area contributed by atoms with Gasteiger partial charge in [-0.1, -0.05) is 18.2 Å². The average molecular weight is 436 g/mol. The van der Waals surface area contributed by atoms with E-state index in [0.717, 1.165) is 75.4 Å². The van der Waals surface area contributed by atoms with Crippen LogP contribution in [0.5, 0.6) is 5.75 Å². The molecule has 5 rings (SSSR count). The summed E-state index contributed by atoms with van der Waals surface area (Å²) >= 11 is 0. The summed E-state index contributed by atoms with van der Waals surface area (Å²) in [7, 11) is 0. The Morgan fingerprint density at radius 2 is 1.97 bits per heavy atom. The predicted octanol–water partition coefficient (Wildman–Crippen LogP) is 3.12. The van der Waals surface area contributed by atoms with E-state index in [9.17, 15) is 9.90 Å². The highest BCUT2D eigenvalue weighted by molar-refractivity contribution is 5.78. The van der Waals surface area contributed by atoms with Crippen LogP contribution >= 0.6 is 0 Å². The van der Waals surface area contributed by atoms with Gasteiger partial charge in [0.05, 0.1) is 5.69 Å². The van der Waals surface area contributed by atoms with Crippen molar-refractivity contribution in [2.75, 3.05) is 32.8 Å². The Morgan fingerprint density at radius 3 is 2.72 bits per heavy atom. The van der Waals surface area contributed by atoms with E-state index in [1.807, 2.05) is 36.1 Å². The van der Waals surface area contributed by atoms with Crippen molar-refractivity contribution in [3.05, 3.63) is 59.4 Å². The molecule has 1 aromatic carbocycles. The van der Waals surface area contributed by atoms with Gasteiger partial charge < -0.3 is 14.7 Å². The van der Waals surface area contributed by atoms with Crippen LogP contribution in [0.4, 0.5) is 0 Å². The molecular formula is C26H33N3O3. The number of aromatic nitrogens is 1. The second-order valence-corrected chi connectivity index (χ2v) is 9.71. The molecule has 6 heteroatoms.